The van der Waals surface area contributed by atoms with Gasteiger partial charge in [-0.25, -0.2) is 0 Å². The molecule has 106 valence electrons. The van der Waals surface area contributed by atoms with Gasteiger partial charge in [0.1, 0.15) is 5.69 Å². The summed E-state index contributed by atoms with van der Waals surface area (Å²) in [5.41, 5.74) is -0.0127. The molecule has 2 N–H and O–H groups in total. The Labute approximate surface area is 111 Å². The number of aryl methyl sites for hydroxylation is 2. The van der Waals surface area contributed by atoms with Crippen molar-refractivity contribution < 1.29 is 9.72 Å². The minimum Gasteiger partial charge on any atom is -0.349 e. The van der Waals surface area contributed by atoms with Gasteiger partial charge in [0.05, 0.1) is 4.92 Å². The first-order valence-corrected chi connectivity index (χ1v) is 6.16. The van der Waals surface area contributed by atoms with Crippen molar-refractivity contribution >= 4 is 11.6 Å². The normalized spacial score (nSPS) is 10.5. The number of nitrogens with one attached hydrogen (secondary N) is 2. The fourth-order valence-corrected chi connectivity index (χ4v) is 1.77. The smallest absolute Gasteiger partial charge is 0.322 e. The second kappa shape index (κ2) is 6.83. The molecular formula is C11H19N5O3. The molecule has 0 saturated heterocycles. The number of hydrogen-bond donors (Lipinski definition) is 2. The van der Waals surface area contributed by atoms with E-state index in [1.165, 1.54) is 18.7 Å². The van der Waals surface area contributed by atoms with Gasteiger partial charge in [0.15, 0.2) is 0 Å². The zero-order valence-corrected chi connectivity index (χ0v) is 11.4. The molecule has 0 unspecified atom stereocenters. The second-order valence-electron chi connectivity index (χ2n) is 4.17. The Morgan fingerprint density at radius 3 is 2.68 bits per heavy atom. The summed E-state index contributed by atoms with van der Waals surface area (Å²) in [7, 11) is 1.52. The largest absolute Gasteiger partial charge is 0.349 e. The van der Waals surface area contributed by atoms with E-state index < -0.39 is 10.8 Å². The van der Waals surface area contributed by atoms with Crippen molar-refractivity contribution in [2.45, 2.75) is 20.3 Å². The molecule has 0 aliphatic rings. The molecule has 0 saturated carbocycles. The van der Waals surface area contributed by atoms with Gasteiger partial charge in [0.2, 0.25) is 5.69 Å². The Hall–Kier alpha value is -1.96. The molecule has 1 rings (SSSR count). The van der Waals surface area contributed by atoms with Crippen LogP contribution in [0.25, 0.3) is 0 Å². The van der Waals surface area contributed by atoms with E-state index in [9.17, 15) is 14.9 Å². The van der Waals surface area contributed by atoms with E-state index in [-0.39, 0.29) is 17.1 Å². The number of aromatic nitrogens is 2. The van der Waals surface area contributed by atoms with E-state index in [1.807, 2.05) is 6.92 Å². The first-order chi connectivity index (χ1) is 8.99. The SMILES string of the molecule is CCCNCCNC(=O)c1c([N+](=O)[O-])c(C)nn1C. The summed E-state index contributed by atoms with van der Waals surface area (Å²) in [6.07, 6.45) is 1.01. The van der Waals surface area contributed by atoms with E-state index in [4.69, 9.17) is 0 Å². The van der Waals surface area contributed by atoms with Crippen LogP contribution in [0.5, 0.6) is 0 Å². The van der Waals surface area contributed by atoms with Crippen molar-refractivity contribution in [2.24, 2.45) is 7.05 Å². The monoisotopic (exact) mass is 269 g/mol. The van der Waals surface area contributed by atoms with Crippen LogP contribution in [0.15, 0.2) is 0 Å². The summed E-state index contributed by atoms with van der Waals surface area (Å²) in [4.78, 5) is 22.3. The summed E-state index contributed by atoms with van der Waals surface area (Å²) < 4.78 is 1.24. The highest BCUT2D eigenvalue weighted by Crippen LogP contribution is 2.21. The number of carbonyl (C=O) groups excluding carboxylic acids is 1. The molecule has 19 heavy (non-hydrogen) atoms. The number of amides is 1. The molecule has 0 aromatic carbocycles. The van der Waals surface area contributed by atoms with Crippen molar-refractivity contribution in [3.05, 3.63) is 21.5 Å². The lowest BCUT2D eigenvalue weighted by Gasteiger charge is -2.06. The van der Waals surface area contributed by atoms with Gasteiger partial charge in [0.25, 0.3) is 5.91 Å². The Morgan fingerprint density at radius 1 is 1.42 bits per heavy atom. The van der Waals surface area contributed by atoms with Crippen molar-refractivity contribution in [1.82, 2.24) is 20.4 Å². The van der Waals surface area contributed by atoms with E-state index >= 15 is 0 Å². The zero-order valence-electron chi connectivity index (χ0n) is 11.4. The third-order valence-electron chi connectivity index (χ3n) is 2.60. The second-order valence-corrected chi connectivity index (χ2v) is 4.17. The predicted octanol–water partition coefficient (Wildman–Crippen LogP) is 0.366. The molecule has 0 aliphatic heterocycles. The first-order valence-electron chi connectivity index (χ1n) is 6.16. The molecule has 0 aliphatic carbocycles. The van der Waals surface area contributed by atoms with E-state index in [0.29, 0.717) is 13.1 Å². The Morgan fingerprint density at radius 2 is 2.11 bits per heavy atom. The lowest BCUT2D eigenvalue weighted by atomic mass is 10.3. The molecule has 0 spiro atoms. The topological polar surface area (TPSA) is 102 Å². The molecule has 8 heteroatoms. The van der Waals surface area contributed by atoms with E-state index in [2.05, 4.69) is 15.7 Å². The molecule has 1 aromatic rings. The molecule has 1 heterocycles. The van der Waals surface area contributed by atoms with Gasteiger partial charge in [-0.15, -0.1) is 0 Å². The third-order valence-corrected chi connectivity index (χ3v) is 2.60. The maximum Gasteiger partial charge on any atom is 0.322 e. The van der Waals surface area contributed by atoms with Crippen LogP contribution in [-0.4, -0.2) is 40.2 Å². The summed E-state index contributed by atoms with van der Waals surface area (Å²) in [5, 5.41) is 20.6. The van der Waals surface area contributed by atoms with Gasteiger partial charge in [-0.05, 0) is 19.9 Å². The molecule has 0 atom stereocenters. The average molecular weight is 269 g/mol. The molecule has 8 nitrogen and oxygen atoms in total. The van der Waals surface area contributed by atoms with Gasteiger partial charge >= 0.3 is 5.69 Å². The maximum atomic E-state index is 11.9. The van der Waals surface area contributed by atoms with Crippen LogP contribution in [0, 0.1) is 17.0 Å². The third kappa shape index (κ3) is 3.75. The number of hydrogen-bond acceptors (Lipinski definition) is 5. The van der Waals surface area contributed by atoms with Crippen LogP contribution in [0.4, 0.5) is 5.69 Å². The number of nitro groups is 1. The fourth-order valence-electron chi connectivity index (χ4n) is 1.77. The summed E-state index contributed by atoms with van der Waals surface area (Å²) in [5.74, 6) is -0.479. The van der Waals surface area contributed by atoms with Gasteiger partial charge in [0, 0.05) is 20.1 Å². The van der Waals surface area contributed by atoms with Crippen molar-refractivity contribution in [2.75, 3.05) is 19.6 Å². The Bertz CT molecular complexity index is 469. The van der Waals surface area contributed by atoms with Crippen LogP contribution in [0.2, 0.25) is 0 Å². The highest BCUT2D eigenvalue weighted by Gasteiger charge is 2.28. The van der Waals surface area contributed by atoms with Crippen LogP contribution >= 0.6 is 0 Å². The number of nitrogens with zero attached hydrogens (tertiary/aromatic N) is 3. The highest BCUT2D eigenvalue weighted by molar-refractivity contribution is 5.96. The summed E-state index contributed by atoms with van der Waals surface area (Å²) in [6.45, 7) is 5.48. The lowest BCUT2D eigenvalue weighted by Crippen LogP contribution is -2.33. The van der Waals surface area contributed by atoms with Crippen molar-refractivity contribution in [3.8, 4) is 0 Å². The minimum absolute atomic E-state index is 0.0157. The first kappa shape index (κ1) is 15.1. The standard InChI is InChI=1S/C11H19N5O3/c1-4-5-12-6-7-13-11(17)10-9(16(18)19)8(2)14-15(10)3/h12H,4-7H2,1-3H3,(H,13,17). The molecule has 1 aromatic heterocycles. The van der Waals surface area contributed by atoms with Crippen LogP contribution < -0.4 is 10.6 Å². The predicted molar refractivity (Wildman–Crippen MR) is 70.1 cm³/mol. The zero-order chi connectivity index (χ0) is 14.4. The van der Waals surface area contributed by atoms with Gasteiger partial charge in [-0.3, -0.25) is 19.6 Å². The highest BCUT2D eigenvalue weighted by atomic mass is 16.6. The number of carbonyl (C=O) groups is 1. The maximum absolute atomic E-state index is 11.9. The average Bonchev–Trinajstić information content (AvgIpc) is 2.63. The summed E-state index contributed by atoms with van der Waals surface area (Å²) in [6, 6.07) is 0. The quantitative estimate of drug-likeness (QED) is 0.423. The minimum atomic E-state index is -0.577. The van der Waals surface area contributed by atoms with Gasteiger partial charge in [-0.2, -0.15) is 5.10 Å². The molecule has 0 radical (unpaired) electrons. The van der Waals surface area contributed by atoms with E-state index in [1.54, 1.807) is 0 Å². The van der Waals surface area contributed by atoms with Gasteiger partial charge in [-0.1, -0.05) is 6.92 Å². The Kier molecular flexibility index (Phi) is 5.43. The van der Waals surface area contributed by atoms with E-state index in [0.717, 1.165) is 13.0 Å². The Balaban J connectivity index is 2.69. The van der Waals surface area contributed by atoms with Crippen LogP contribution in [-0.2, 0) is 7.05 Å². The molecule has 0 bridgehead atoms. The lowest BCUT2D eigenvalue weighted by molar-refractivity contribution is -0.385. The summed E-state index contributed by atoms with van der Waals surface area (Å²) >= 11 is 0. The van der Waals surface area contributed by atoms with Crippen LogP contribution in [0.3, 0.4) is 0 Å². The molecule has 1 amide bonds. The number of rotatable bonds is 7. The van der Waals surface area contributed by atoms with Crippen LogP contribution in [0.1, 0.15) is 29.5 Å². The van der Waals surface area contributed by atoms with Crippen molar-refractivity contribution in [3.63, 3.8) is 0 Å². The fraction of sp³-hybridized carbons (Fsp3) is 0.636. The van der Waals surface area contributed by atoms with Crippen molar-refractivity contribution in [1.29, 1.82) is 0 Å². The molecule has 0 fully saturated rings. The molecular weight excluding hydrogens is 250 g/mol. The van der Waals surface area contributed by atoms with Gasteiger partial charge < -0.3 is 10.6 Å².